The molecule has 0 aliphatic carbocycles. The third-order valence-corrected chi connectivity index (χ3v) is 22.1. The van der Waals surface area contributed by atoms with E-state index in [-0.39, 0.29) is 6.98 Å². The van der Waals surface area contributed by atoms with Crippen molar-refractivity contribution in [1.82, 2.24) is 4.90 Å². The molecule has 0 atom stereocenters. The molecule has 0 bridgehead atoms. The van der Waals surface area contributed by atoms with E-state index in [9.17, 15) is 0 Å². The molecule has 0 fully saturated rings. The van der Waals surface area contributed by atoms with Crippen LogP contribution in [0, 0.1) is 0 Å². The number of nitrogens with zero attached hydrogens (tertiary/aromatic N) is 1. The van der Waals surface area contributed by atoms with E-state index in [4.69, 9.17) is 0 Å². The van der Waals surface area contributed by atoms with Crippen molar-refractivity contribution in [1.29, 1.82) is 0 Å². The molecule has 5 heteroatoms. The SMILES string of the molecule is CCC[CH2][Sn](/[CH]=C(/CN(CC)CC)B1Nc2cccc3cccc(c23)N1)([CH2]CCC)[CH2]CCC. The molecule has 1 heterocycles. The number of anilines is 2. The molecule has 0 amide bonds. The molecule has 3 rings (SSSR count). The van der Waals surface area contributed by atoms with E-state index in [0.717, 1.165) is 19.6 Å². The van der Waals surface area contributed by atoms with Crippen LogP contribution in [0.5, 0.6) is 0 Å². The van der Waals surface area contributed by atoms with E-state index >= 15 is 0 Å². The van der Waals surface area contributed by atoms with Crippen molar-refractivity contribution in [2.75, 3.05) is 30.1 Å². The first-order chi connectivity index (χ1) is 16.6. The molecule has 0 saturated carbocycles. The molecule has 0 radical (unpaired) electrons. The van der Waals surface area contributed by atoms with Gasteiger partial charge in [-0.25, -0.2) is 0 Å². The summed E-state index contributed by atoms with van der Waals surface area (Å²) in [6.07, 6.45) is 8.20. The third kappa shape index (κ3) is 6.97. The number of hydrogen-bond donors (Lipinski definition) is 2. The van der Waals surface area contributed by atoms with Crippen molar-refractivity contribution in [3.63, 3.8) is 0 Å². The van der Waals surface area contributed by atoms with Crippen molar-refractivity contribution >= 4 is 47.5 Å². The summed E-state index contributed by atoms with van der Waals surface area (Å²) >= 11 is -2.45. The summed E-state index contributed by atoms with van der Waals surface area (Å²) in [4.78, 5) is 2.60. The molecule has 0 saturated heterocycles. The number of likely N-dealkylation sites (N-methyl/N-ethyl adjacent to an activating group) is 1. The van der Waals surface area contributed by atoms with Crippen LogP contribution in [-0.4, -0.2) is 49.9 Å². The predicted molar refractivity (Wildman–Crippen MR) is 158 cm³/mol. The fraction of sp³-hybridized carbons (Fsp3) is 0.586. The van der Waals surface area contributed by atoms with Crippen molar-refractivity contribution < 1.29 is 0 Å². The van der Waals surface area contributed by atoms with Gasteiger partial charge in [-0.1, -0.05) is 0 Å². The average molecular weight is 568 g/mol. The van der Waals surface area contributed by atoms with Gasteiger partial charge in [-0.3, -0.25) is 0 Å². The molecule has 34 heavy (non-hydrogen) atoms. The molecular formula is C29H48BN3Sn. The molecule has 0 aromatic heterocycles. The number of rotatable bonds is 15. The van der Waals surface area contributed by atoms with Crippen molar-refractivity contribution in [2.45, 2.75) is 86.5 Å². The Labute approximate surface area is 214 Å². The van der Waals surface area contributed by atoms with Gasteiger partial charge in [0, 0.05) is 0 Å². The second-order valence-corrected chi connectivity index (χ2v) is 23.2. The van der Waals surface area contributed by atoms with Gasteiger partial charge in [0.05, 0.1) is 0 Å². The molecule has 0 spiro atoms. The summed E-state index contributed by atoms with van der Waals surface area (Å²) in [5.41, 5.74) is 4.16. The summed E-state index contributed by atoms with van der Waals surface area (Å²) < 4.78 is 7.51. The van der Waals surface area contributed by atoms with Crippen LogP contribution in [0.2, 0.25) is 13.3 Å². The number of benzene rings is 2. The molecule has 2 aromatic rings. The van der Waals surface area contributed by atoms with E-state index in [1.165, 1.54) is 74.0 Å². The standard InChI is InChI=1S/C17H21BN3.3C4H9.Sn/c1-4-21(5-2)12-13(3)18-19-15-10-6-8-14-9-7-11-16(20-18)17(14)15;3*1-3-4-2;/h3,6-11,19-20H,4-5,12H2,1-2H3;3*1,3-4H2,2H3;. The summed E-state index contributed by atoms with van der Waals surface area (Å²) in [7, 11) is 0. The van der Waals surface area contributed by atoms with Gasteiger partial charge >= 0.3 is 215 Å². The summed E-state index contributed by atoms with van der Waals surface area (Å²) in [5, 5.41) is 10.5. The van der Waals surface area contributed by atoms with E-state index in [0.29, 0.717) is 0 Å². The Kier molecular flexibility index (Phi) is 11.2. The number of nitrogens with one attached hydrogen (secondary N) is 2. The zero-order chi connectivity index (χ0) is 24.4. The molecule has 186 valence electrons. The Morgan fingerprint density at radius 1 is 0.794 bits per heavy atom. The molecule has 3 nitrogen and oxygen atoms in total. The second kappa shape index (κ2) is 13.8. The average Bonchev–Trinajstić information content (AvgIpc) is 2.87. The first-order valence-electron chi connectivity index (χ1n) is 14.1. The van der Waals surface area contributed by atoms with Gasteiger partial charge in [0.2, 0.25) is 0 Å². The first kappa shape index (κ1) is 27.5. The van der Waals surface area contributed by atoms with E-state index in [2.05, 4.69) is 90.5 Å². The Balaban J connectivity index is 2.03. The van der Waals surface area contributed by atoms with Crippen molar-refractivity contribution in [3.8, 4) is 0 Å². The van der Waals surface area contributed by atoms with Crippen LogP contribution in [0.3, 0.4) is 0 Å². The minimum absolute atomic E-state index is 0.182. The molecule has 0 unspecified atom stereocenters. The molecule has 2 aromatic carbocycles. The Morgan fingerprint density at radius 3 is 1.74 bits per heavy atom. The van der Waals surface area contributed by atoms with Crippen molar-refractivity contribution in [3.05, 3.63) is 46.0 Å². The zero-order valence-corrected chi connectivity index (χ0v) is 25.4. The predicted octanol–water partition coefficient (Wildman–Crippen LogP) is 8.36. The summed E-state index contributed by atoms with van der Waals surface area (Å²) in [5.74, 6) is 0. The summed E-state index contributed by atoms with van der Waals surface area (Å²) in [6.45, 7) is 15.2. The van der Waals surface area contributed by atoms with Gasteiger partial charge in [-0.15, -0.1) is 0 Å². The quantitative estimate of drug-likeness (QED) is 0.212. The molecular weight excluding hydrogens is 520 g/mol. The Morgan fingerprint density at radius 2 is 1.29 bits per heavy atom. The van der Waals surface area contributed by atoms with Crippen LogP contribution < -0.4 is 10.5 Å². The maximum absolute atomic E-state index is 3.93. The Hall–Kier alpha value is -1.14. The number of hydrogen-bond acceptors (Lipinski definition) is 3. The molecule has 1 aliphatic heterocycles. The fourth-order valence-electron chi connectivity index (χ4n) is 5.61. The minimum atomic E-state index is -2.45. The summed E-state index contributed by atoms with van der Waals surface area (Å²) in [6, 6.07) is 13.4. The zero-order valence-electron chi connectivity index (χ0n) is 22.6. The van der Waals surface area contributed by atoms with Crippen LogP contribution in [0.15, 0.2) is 46.0 Å². The van der Waals surface area contributed by atoms with Gasteiger partial charge in [0.25, 0.3) is 0 Å². The van der Waals surface area contributed by atoms with Crippen molar-refractivity contribution in [2.24, 2.45) is 0 Å². The van der Waals surface area contributed by atoms with Crippen LogP contribution >= 0.6 is 0 Å². The topological polar surface area (TPSA) is 27.3 Å². The molecule has 1 aliphatic rings. The van der Waals surface area contributed by atoms with Crippen LogP contribution in [0.1, 0.15) is 73.1 Å². The monoisotopic (exact) mass is 569 g/mol. The van der Waals surface area contributed by atoms with E-state index < -0.39 is 18.4 Å². The normalized spacial score (nSPS) is 13.9. The van der Waals surface area contributed by atoms with Gasteiger partial charge in [0.1, 0.15) is 0 Å². The van der Waals surface area contributed by atoms with Gasteiger partial charge in [-0.2, -0.15) is 0 Å². The molecule has 2 N–H and O–H groups in total. The second-order valence-electron chi connectivity index (χ2n) is 10.3. The van der Waals surface area contributed by atoms with Gasteiger partial charge in [-0.05, 0) is 0 Å². The van der Waals surface area contributed by atoms with Gasteiger partial charge in [0.15, 0.2) is 0 Å². The maximum atomic E-state index is 3.93. The first-order valence-corrected chi connectivity index (χ1v) is 21.8. The Bertz CT molecular complexity index is 862. The van der Waals surface area contributed by atoms with Gasteiger partial charge < -0.3 is 0 Å². The van der Waals surface area contributed by atoms with Crippen LogP contribution in [-0.2, 0) is 0 Å². The fourth-order valence-corrected chi connectivity index (χ4v) is 21.0. The number of unbranched alkanes of at least 4 members (excludes halogenated alkanes) is 3. The van der Waals surface area contributed by atoms with Crippen LogP contribution in [0.25, 0.3) is 10.8 Å². The van der Waals surface area contributed by atoms with Crippen LogP contribution in [0.4, 0.5) is 11.4 Å². The third-order valence-electron chi connectivity index (χ3n) is 7.75. The van der Waals surface area contributed by atoms with E-state index in [1.54, 1.807) is 5.47 Å². The van der Waals surface area contributed by atoms with E-state index in [1.807, 2.05) is 0 Å².